The highest BCUT2D eigenvalue weighted by Crippen LogP contribution is 2.08. The number of rotatable bonds is 6. The number of nitrogens with one attached hydrogen (secondary N) is 1. The molecule has 3 atom stereocenters. The molecule has 0 aromatic rings. The molecule has 3 heteroatoms. The van der Waals surface area contributed by atoms with Crippen LogP contribution in [0.1, 0.15) is 40.5 Å². The van der Waals surface area contributed by atoms with Gasteiger partial charge >= 0.3 is 0 Å². The second-order valence-electron chi connectivity index (χ2n) is 4.02. The van der Waals surface area contributed by atoms with Crippen LogP contribution < -0.4 is 11.1 Å². The minimum atomic E-state index is -0.0264. The van der Waals surface area contributed by atoms with Crippen molar-refractivity contribution in [1.29, 1.82) is 0 Å². The molecule has 3 N–H and O–H groups in total. The quantitative estimate of drug-likeness (QED) is 0.683. The summed E-state index contributed by atoms with van der Waals surface area (Å²) in [5, 5.41) is 3.01. The van der Waals surface area contributed by atoms with E-state index < -0.39 is 0 Å². The van der Waals surface area contributed by atoms with Crippen molar-refractivity contribution in [3.8, 4) is 0 Å². The molecule has 0 aromatic carbocycles. The largest absolute Gasteiger partial charge is 0.353 e. The number of hydrogen-bond donors (Lipinski definition) is 2. The Morgan fingerprint density at radius 3 is 2.21 bits per heavy atom. The molecule has 3 nitrogen and oxygen atoms in total. The Balaban J connectivity index is 4.03. The zero-order chi connectivity index (χ0) is 11.1. The van der Waals surface area contributed by atoms with Crippen LogP contribution in [-0.2, 0) is 4.79 Å². The van der Waals surface area contributed by atoms with Crippen molar-refractivity contribution >= 4 is 5.91 Å². The van der Waals surface area contributed by atoms with E-state index in [0.717, 1.165) is 12.8 Å². The first-order valence-electron chi connectivity index (χ1n) is 5.57. The molecule has 0 bridgehead atoms. The number of nitrogens with two attached hydrogens (primary N) is 1. The highest BCUT2D eigenvalue weighted by molar-refractivity contribution is 5.79. The maximum atomic E-state index is 11.6. The summed E-state index contributed by atoms with van der Waals surface area (Å²) in [7, 11) is 0. The van der Waals surface area contributed by atoms with E-state index in [1.165, 1.54) is 0 Å². The average molecular weight is 200 g/mol. The summed E-state index contributed by atoms with van der Waals surface area (Å²) in [6, 6.07) is 0.244. The molecular weight excluding hydrogens is 176 g/mol. The maximum absolute atomic E-state index is 11.6. The molecule has 1 amide bonds. The van der Waals surface area contributed by atoms with Crippen LogP contribution >= 0.6 is 0 Å². The molecule has 0 saturated heterocycles. The zero-order valence-electron chi connectivity index (χ0n) is 9.84. The zero-order valence-corrected chi connectivity index (χ0v) is 9.84. The molecule has 3 unspecified atom stereocenters. The first-order chi connectivity index (χ1) is 6.56. The summed E-state index contributed by atoms with van der Waals surface area (Å²) >= 11 is 0. The standard InChI is InChI=1S/C11H24N2O/c1-5-8(3)9(4)13-11(14)10(6-2)7-12/h8-10H,5-7,12H2,1-4H3,(H,13,14). The Hall–Kier alpha value is -0.570. The van der Waals surface area contributed by atoms with E-state index >= 15 is 0 Å². The van der Waals surface area contributed by atoms with Crippen molar-refractivity contribution in [3.63, 3.8) is 0 Å². The molecule has 0 aliphatic rings. The first kappa shape index (κ1) is 13.4. The molecule has 0 radical (unpaired) electrons. The Kier molecular flexibility index (Phi) is 6.54. The SMILES string of the molecule is CCC(CN)C(=O)NC(C)C(C)CC. The summed E-state index contributed by atoms with van der Waals surface area (Å²) in [5.74, 6) is 0.596. The predicted molar refractivity (Wildman–Crippen MR) is 59.9 cm³/mol. The number of hydrogen-bond acceptors (Lipinski definition) is 2. The molecule has 0 rings (SSSR count). The summed E-state index contributed by atoms with van der Waals surface area (Å²) in [6.45, 7) is 8.76. The van der Waals surface area contributed by atoms with Crippen LogP contribution in [0.3, 0.4) is 0 Å². The Morgan fingerprint density at radius 1 is 1.29 bits per heavy atom. The molecule has 0 aliphatic heterocycles. The Labute approximate surface area is 87.4 Å². The molecule has 84 valence electrons. The van der Waals surface area contributed by atoms with Crippen LogP contribution in [0.5, 0.6) is 0 Å². The monoisotopic (exact) mass is 200 g/mol. The van der Waals surface area contributed by atoms with E-state index in [0.29, 0.717) is 12.5 Å². The van der Waals surface area contributed by atoms with Gasteiger partial charge in [-0.15, -0.1) is 0 Å². The van der Waals surface area contributed by atoms with E-state index in [4.69, 9.17) is 5.73 Å². The summed E-state index contributed by atoms with van der Waals surface area (Å²) < 4.78 is 0. The second-order valence-corrected chi connectivity index (χ2v) is 4.02. The van der Waals surface area contributed by atoms with Crippen LogP contribution in [-0.4, -0.2) is 18.5 Å². The van der Waals surface area contributed by atoms with Crippen LogP contribution in [0.2, 0.25) is 0 Å². The minimum Gasteiger partial charge on any atom is -0.353 e. The van der Waals surface area contributed by atoms with Gasteiger partial charge in [0.1, 0.15) is 0 Å². The highest BCUT2D eigenvalue weighted by atomic mass is 16.1. The molecule has 0 spiro atoms. The van der Waals surface area contributed by atoms with E-state index in [1.54, 1.807) is 0 Å². The van der Waals surface area contributed by atoms with Crippen molar-refractivity contribution in [2.45, 2.75) is 46.6 Å². The Morgan fingerprint density at radius 2 is 1.86 bits per heavy atom. The van der Waals surface area contributed by atoms with Gasteiger partial charge in [0.15, 0.2) is 0 Å². The van der Waals surface area contributed by atoms with Gasteiger partial charge in [-0.05, 0) is 19.3 Å². The lowest BCUT2D eigenvalue weighted by Gasteiger charge is -2.22. The summed E-state index contributed by atoms with van der Waals surface area (Å²) in [6.07, 6.45) is 1.90. The molecular formula is C11H24N2O. The summed E-state index contributed by atoms with van der Waals surface area (Å²) in [5.41, 5.74) is 5.51. The van der Waals surface area contributed by atoms with Crippen LogP contribution in [0.4, 0.5) is 0 Å². The van der Waals surface area contributed by atoms with E-state index in [9.17, 15) is 4.79 Å². The van der Waals surface area contributed by atoms with Crippen molar-refractivity contribution in [3.05, 3.63) is 0 Å². The number of amides is 1. The van der Waals surface area contributed by atoms with Gasteiger partial charge in [0.2, 0.25) is 5.91 Å². The lowest BCUT2D eigenvalue weighted by Crippen LogP contribution is -2.42. The number of carbonyl (C=O) groups excluding carboxylic acids is 1. The third-order valence-electron chi connectivity index (χ3n) is 3.02. The van der Waals surface area contributed by atoms with Gasteiger partial charge in [-0.1, -0.05) is 27.2 Å². The van der Waals surface area contributed by atoms with Crippen LogP contribution in [0.25, 0.3) is 0 Å². The molecule has 0 heterocycles. The second kappa shape index (κ2) is 6.82. The predicted octanol–water partition coefficient (Wildman–Crippen LogP) is 1.52. The topological polar surface area (TPSA) is 55.1 Å². The summed E-state index contributed by atoms with van der Waals surface area (Å²) in [4.78, 5) is 11.6. The normalized spacial score (nSPS) is 17.2. The average Bonchev–Trinajstić information content (AvgIpc) is 2.18. The fourth-order valence-electron chi connectivity index (χ4n) is 1.30. The van der Waals surface area contributed by atoms with E-state index in [1.807, 2.05) is 6.92 Å². The van der Waals surface area contributed by atoms with Crippen molar-refractivity contribution < 1.29 is 4.79 Å². The van der Waals surface area contributed by atoms with E-state index in [2.05, 4.69) is 26.1 Å². The van der Waals surface area contributed by atoms with Crippen molar-refractivity contribution in [2.75, 3.05) is 6.54 Å². The van der Waals surface area contributed by atoms with Crippen molar-refractivity contribution in [1.82, 2.24) is 5.32 Å². The smallest absolute Gasteiger partial charge is 0.224 e. The van der Waals surface area contributed by atoms with Crippen LogP contribution in [0.15, 0.2) is 0 Å². The van der Waals surface area contributed by atoms with Gasteiger partial charge in [0.25, 0.3) is 0 Å². The van der Waals surface area contributed by atoms with Gasteiger partial charge in [-0.3, -0.25) is 4.79 Å². The van der Waals surface area contributed by atoms with Crippen molar-refractivity contribution in [2.24, 2.45) is 17.6 Å². The molecule has 0 aliphatic carbocycles. The van der Waals surface area contributed by atoms with Gasteiger partial charge in [0, 0.05) is 18.5 Å². The van der Waals surface area contributed by atoms with Crippen LogP contribution in [0, 0.1) is 11.8 Å². The van der Waals surface area contributed by atoms with E-state index in [-0.39, 0.29) is 17.9 Å². The maximum Gasteiger partial charge on any atom is 0.224 e. The molecule has 0 fully saturated rings. The third kappa shape index (κ3) is 4.09. The van der Waals surface area contributed by atoms with Gasteiger partial charge in [0.05, 0.1) is 0 Å². The van der Waals surface area contributed by atoms with Gasteiger partial charge < -0.3 is 11.1 Å². The minimum absolute atomic E-state index is 0.0264. The number of carbonyl (C=O) groups is 1. The lowest BCUT2D eigenvalue weighted by molar-refractivity contribution is -0.125. The molecule has 14 heavy (non-hydrogen) atoms. The molecule has 0 saturated carbocycles. The van der Waals surface area contributed by atoms with Gasteiger partial charge in [-0.2, -0.15) is 0 Å². The fourth-order valence-corrected chi connectivity index (χ4v) is 1.30. The Bertz CT molecular complexity index is 167. The lowest BCUT2D eigenvalue weighted by atomic mass is 9.99. The van der Waals surface area contributed by atoms with Gasteiger partial charge in [-0.25, -0.2) is 0 Å². The first-order valence-corrected chi connectivity index (χ1v) is 5.57. The highest BCUT2D eigenvalue weighted by Gasteiger charge is 2.18. The third-order valence-corrected chi connectivity index (χ3v) is 3.02. The molecule has 0 aromatic heterocycles. The fraction of sp³-hybridized carbons (Fsp3) is 0.909.